The maximum atomic E-state index is 12.2. The van der Waals surface area contributed by atoms with Gasteiger partial charge in [0.25, 0.3) is 0 Å². The highest BCUT2D eigenvalue weighted by atomic mass is 35.5. The second kappa shape index (κ2) is 6.42. The summed E-state index contributed by atoms with van der Waals surface area (Å²) in [4.78, 5) is 13.9. The van der Waals surface area contributed by atoms with E-state index < -0.39 is 10.0 Å². The Bertz CT molecular complexity index is 623. The smallest absolute Gasteiger partial charge is 0.243 e. The molecular formula is C13H16Cl2N2O3S. The van der Waals surface area contributed by atoms with E-state index in [1.165, 1.54) is 0 Å². The third kappa shape index (κ3) is 3.81. The molecule has 1 aliphatic rings. The fourth-order valence-electron chi connectivity index (χ4n) is 2.28. The average molecular weight is 351 g/mol. The molecule has 0 bridgehead atoms. The number of carbonyl (C=O) groups excluding carboxylic acids is 1. The Labute approximate surface area is 134 Å². The van der Waals surface area contributed by atoms with Crippen LogP contribution in [0.25, 0.3) is 0 Å². The zero-order valence-corrected chi connectivity index (χ0v) is 13.9. The topological polar surface area (TPSA) is 57.7 Å². The predicted molar refractivity (Wildman–Crippen MR) is 84.5 cm³/mol. The number of hydrogen-bond donors (Lipinski definition) is 0. The number of halogens is 2. The molecule has 116 valence electrons. The third-order valence-corrected chi connectivity index (χ3v) is 5.05. The molecule has 1 saturated heterocycles. The highest BCUT2D eigenvalue weighted by molar-refractivity contribution is 7.92. The van der Waals surface area contributed by atoms with Crippen molar-refractivity contribution in [1.82, 2.24) is 4.90 Å². The SMILES string of the molecule is CS(=O)(=O)N(CC(=O)N1CCCC1)c1c(Cl)cccc1Cl. The van der Waals surface area contributed by atoms with Crippen molar-refractivity contribution < 1.29 is 13.2 Å². The van der Waals surface area contributed by atoms with Gasteiger partial charge >= 0.3 is 0 Å². The lowest BCUT2D eigenvalue weighted by molar-refractivity contribution is -0.128. The summed E-state index contributed by atoms with van der Waals surface area (Å²) < 4.78 is 25.0. The summed E-state index contributed by atoms with van der Waals surface area (Å²) in [5.74, 6) is -0.242. The molecule has 1 fully saturated rings. The fraction of sp³-hybridized carbons (Fsp3) is 0.462. The van der Waals surface area contributed by atoms with Crippen molar-refractivity contribution in [3.8, 4) is 0 Å². The van der Waals surface area contributed by atoms with Crippen LogP contribution in [-0.2, 0) is 14.8 Å². The first-order valence-corrected chi connectivity index (χ1v) is 9.10. The number of likely N-dealkylation sites (tertiary alicyclic amines) is 1. The minimum Gasteiger partial charge on any atom is -0.341 e. The van der Waals surface area contributed by atoms with Gasteiger partial charge in [0.1, 0.15) is 6.54 Å². The van der Waals surface area contributed by atoms with Crippen molar-refractivity contribution in [2.45, 2.75) is 12.8 Å². The van der Waals surface area contributed by atoms with E-state index in [1.54, 1.807) is 23.1 Å². The number of amides is 1. The molecule has 1 amide bonds. The number of anilines is 1. The molecule has 0 unspecified atom stereocenters. The number of benzene rings is 1. The molecule has 0 spiro atoms. The van der Waals surface area contributed by atoms with Crippen molar-refractivity contribution in [3.05, 3.63) is 28.2 Å². The van der Waals surface area contributed by atoms with E-state index in [0.717, 1.165) is 23.4 Å². The summed E-state index contributed by atoms with van der Waals surface area (Å²) in [5.41, 5.74) is 0.149. The second-order valence-corrected chi connectivity index (χ2v) is 7.65. The Balaban J connectivity index is 2.34. The summed E-state index contributed by atoms with van der Waals surface area (Å²) in [6.07, 6.45) is 2.92. The first-order valence-electron chi connectivity index (χ1n) is 6.50. The van der Waals surface area contributed by atoms with Crippen LogP contribution in [0.15, 0.2) is 18.2 Å². The van der Waals surface area contributed by atoms with Crippen LogP contribution in [0.2, 0.25) is 10.0 Å². The Kier molecular flexibility index (Phi) is 5.01. The summed E-state index contributed by atoms with van der Waals surface area (Å²) in [7, 11) is -3.67. The van der Waals surface area contributed by atoms with Crippen LogP contribution in [0.3, 0.4) is 0 Å². The normalized spacial score (nSPS) is 15.3. The van der Waals surface area contributed by atoms with Crippen LogP contribution < -0.4 is 4.31 Å². The van der Waals surface area contributed by atoms with E-state index in [2.05, 4.69) is 0 Å². The van der Waals surface area contributed by atoms with Gasteiger partial charge in [-0.1, -0.05) is 29.3 Å². The van der Waals surface area contributed by atoms with E-state index in [-0.39, 0.29) is 28.2 Å². The lowest BCUT2D eigenvalue weighted by atomic mass is 10.3. The van der Waals surface area contributed by atoms with Gasteiger partial charge in [-0.2, -0.15) is 0 Å². The summed E-state index contributed by atoms with van der Waals surface area (Å²) >= 11 is 12.1. The minimum atomic E-state index is -3.67. The van der Waals surface area contributed by atoms with Gasteiger partial charge in [-0.25, -0.2) is 8.42 Å². The first-order chi connectivity index (χ1) is 9.80. The molecule has 8 heteroatoms. The molecule has 0 saturated carbocycles. The van der Waals surface area contributed by atoms with Crippen LogP contribution >= 0.6 is 23.2 Å². The Morgan fingerprint density at radius 3 is 2.24 bits per heavy atom. The molecule has 1 aromatic rings. The zero-order chi connectivity index (χ0) is 15.6. The van der Waals surface area contributed by atoms with Gasteiger partial charge in [0.15, 0.2) is 0 Å². The summed E-state index contributed by atoms with van der Waals surface area (Å²) in [6, 6.07) is 4.71. The molecule has 0 aromatic heterocycles. The number of nitrogens with zero attached hydrogens (tertiary/aromatic N) is 2. The van der Waals surface area contributed by atoms with E-state index >= 15 is 0 Å². The lowest BCUT2D eigenvalue weighted by Crippen LogP contribution is -2.41. The molecule has 2 rings (SSSR count). The average Bonchev–Trinajstić information content (AvgIpc) is 2.89. The second-order valence-electron chi connectivity index (χ2n) is 4.93. The summed E-state index contributed by atoms with van der Waals surface area (Å²) in [5, 5.41) is 0.393. The number of para-hydroxylation sites is 1. The standard InChI is InChI=1S/C13H16Cl2N2O3S/c1-21(19,20)17(9-12(18)16-7-2-3-8-16)13-10(14)5-4-6-11(13)15/h4-6H,2-3,7-9H2,1H3. The van der Waals surface area contributed by atoms with Gasteiger partial charge in [-0.05, 0) is 25.0 Å². The largest absolute Gasteiger partial charge is 0.341 e. The van der Waals surface area contributed by atoms with Crippen LogP contribution in [-0.4, -0.2) is 45.1 Å². The van der Waals surface area contributed by atoms with Crippen molar-refractivity contribution in [1.29, 1.82) is 0 Å². The van der Waals surface area contributed by atoms with Crippen LogP contribution in [0, 0.1) is 0 Å². The van der Waals surface area contributed by atoms with Gasteiger partial charge in [0.2, 0.25) is 15.9 Å². The maximum Gasteiger partial charge on any atom is 0.243 e. The zero-order valence-electron chi connectivity index (χ0n) is 11.6. The molecule has 1 aliphatic heterocycles. The van der Waals surface area contributed by atoms with Crippen molar-refractivity contribution in [2.24, 2.45) is 0 Å². The van der Waals surface area contributed by atoms with E-state index in [0.29, 0.717) is 13.1 Å². The fourth-order valence-corrected chi connectivity index (χ4v) is 3.85. The molecule has 1 heterocycles. The number of sulfonamides is 1. The molecule has 21 heavy (non-hydrogen) atoms. The first kappa shape index (κ1) is 16.4. The maximum absolute atomic E-state index is 12.2. The Hall–Kier alpha value is -0.980. The molecular weight excluding hydrogens is 335 g/mol. The molecule has 0 atom stereocenters. The van der Waals surface area contributed by atoms with Crippen LogP contribution in [0.1, 0.15) is 12.8 Å². The molecule has 0 N–H and O–H groups in total. The highest BCUT2D eigenvalue weighted by Gasteiger charge is 2.28. The monoisotopic (exact) mass is 350 g/mol. The Morgan fingerprint density at radius 2 is 1.76 bits per heavy atom. The molecule has 5 nitrogen and oxygen atoms in total. The highest BCUT2D eigenvalue weighted by Crippen LogP contribution is 2.34. The van der Waals surface area contributed by atoms with E-state index in [9.17, 15) is 13.2 Å². The van der Waals surface area contributed by atoms with Crippen LogP contribution in [0.5, 0.6) is 0 Å². The van der Waals surface area contributed by atoms with Crippen molar-refractivity contribution in [2.75, 3.05) is 30.2 Å². The summed E-state index contributed by atoms with van der Waals surface area (Å²) in [6.45, 7) is 1.03. The molecule has 0 aliphatic carbocycles. The number of carbonyl (C=O) groups is 1. The van der Waals surface area contributed by atoms with Gasteiger partial charge in [0.05, 0.1) is 22.0 Å². The van der Waals surface area contributed by atoms with Gasteiger partial charge in [0, 0.05) is 13.1 Å². The van der Waals surface area contributed by atoms with Crippen molar-refractivity contribution in [3.63, 3.8) is 0 Å². The lowest BCUT2D eigenvalue weighted by Gasteiger charge is -2.26. The van der Waals surface area contributed by atoms with Gasteiger partial charge in [-0.3, -0.25) is 9.10 Å². The van der Waals surface area contributed by atoms with Crippen LogP contribution in [0.4, 0.5) is 5.69 Å². The number of rotatable bonds is 4. The van der Waals surface area contributed by atoms with Gasteiger partial charge < -0.3 is 4.90 Å². The quantitative estimate of drug-likeness (QED) is 0.837. The van der Waals surface area contributed by atoms with E-state index in [4.69, 9.17) is 23.2 Å². The van der Waals surface area contributed by atoms with E-state index in [1.807, 2.05) is 0 Å². The predicted octanol–water partition coefficient (Wildman–Crippen LogP) is 2.38. The third-order valence-electron chi connectivity index (χ3n) is 3.32. The molecule has 1 aromatic carbocycles. The molecule has 0 radical (unpaired) electrons. The van der Waals surface area contributed by atoms with Crippen molar-refractivity contribution >= 4 is 44.8 Å². The Morgan fingerprint density at radius 1 is 1.24 bits per heavy atom. The number of hydrogen-bond acceptors (Lipinski definition) is 3. The minimum absolute atomic E-state index is 0.149. The van der Waals surface area contributed by atoms with Gasteiger partial charge in [-0.15, -0.1) is 0 Å².